The Labute approximate surface area is 208 Å². The summed E-state index contributed by atoms with van der Waals surface area (Å²) in [5, 5.41) is 27.2. The number of aliphatic hydroxyl groups excluding tert-OH is 2. The highest BCUT2D eigenvalue weighted by atomic mass is 16.6. The molecule has 0 bridgehead atoms. The maximum Gasteiger partial charge on any atom is 0.407 e. The van der Waals surface area contributed by atoms with Gasteiger partial charge in [0.05, 0.1) is 19.8 Å². The van der Waals surface area contributed by atoms with Crippen LogP contribution in [-0.4, -0.2) is 54.2 Å². The van der Waals surface area contributed by atoms with Gasteiger partial charge in [-0.05, 0) is 74.5 Å². The lowest BCUT2D eigenvalue weighted by molar-refractivity contribution is -0.186. The van der Waals surface area contributed by atoms with Gasteiger partial charge in [-0.3, -0.25) is 4.79 Å². The summed E-state index contributed by atoms with van der Waals surface area (Å²) in [5.74, 6) is 0.423. The lowest BCUT2D eigenvalue weighted by Crippen LogP contribution is -2.61. The van der Waals surface area contributed by atoms with E-state index in [0.717, 1.165) is 11.3 Å². The first-order valence-corrected chi connectivity index (χ1v) is 12.7. The monoisotopic (exact) mass is 490 g/mol. The van der Waals surface area contributed by atoms with Gasteiger partial charge in [-0.25, -0.2) is 4.79 Å². The highest BCUT2D eigenvalue weighted by molar-refractivity contribution is 5.76. The minimum atomic E-state index is -0.653. The maximum atomic E-state index is 12.9. The molecule has 2 aliphatic rings. The number of carbonyl (C=O) groups excluding carboxylic acids is 2. The zero-order chi connectivity index (χ0) is 25.8. The molecule has 0 unspecified atom stereocenters. The van der Waals surface area contributed by atoms with Crippen LogP contribution in [0.1, 0.15) is 65.4 Å². The Morgan fingerprint density at radius 3 is 2.43 bits per heavy atom. The predicted molar refractivity (Wildman–Crippen MR) is 133 cm³/mol. The third-order valence-electron chi connectivity index (χ3n) is 8.39. The van der Waals surface area contributed by atoms with Gasteiger partial charge in [-0.1, -0.05) is 26.0 Å². The minimum Gasteiger partial charge on any atom is -0.497 e. The average Bonchev–Trinajstić information content (AvgIpc) is 2.82. The van der Waals surface area contributed by atoms with Crippen molar-refractivity contribution >= 4 is 12.0 Å². The lowest BCUT2D eigenvalue weighted by Gasteiger charge is -2.60. The summed E-state index contributed by atoms with van der Waals surface area (Å²) < 4.78 is 11.0. The van der Waals surface area contributed by atoms with Crippen LogP contribution in [0.2, 0.25) is 0 Å². The molecule has 0 saturated heterocycles. The van der Waals surface area contributed by atoms with Crippen molar-refractivity contribution in [3.8, 4) is 5.75 Å². The molecule has 0 radical (unpaired) electrons. The van der Waals surface area contributed by atoms with Gasteiger partial charge in [-0.15, -0.1) is 0 Å². The number of fused-ring (bicyclic) bond motifs is 1. The van der Waals surface area contributed by atoms with E-state index in [1.54, 1.807) is 7.11 Å². The van der Waals surface area contributed by atoms with E-state index in [-0.39, 0.29) is 42.2 Å². The molecular formula is C27H42N2O6. The van der Waals surface area contributed by atoms with E-state index < -0.39 is 23.7 Å². The van der Waals surface area contributed by atoms with Crippen molar-refractivity contribution in [3.63, 3.8) is 0 Å². The topological polar surface area (TPSA) is 117 Å². The highest BCUT2D eigenvalue weighted by Gasteiger charge is 2.60. The molecule has 1 aromatic rings. The fourth-order valence-electron chi connectivity index (χ4n) is 6.39. The highest BCUT2D eigenvalue weighted by Crippen LogP contribution is 2.61. The molecule has 3 rings (SSSR count). The van der Waals surface area contributed by atoms with E-state index in [2.05, 4.69) is 17.6 Å². The van der Waals surface area contributed by atoms with Crippen molar-refractivity contribution in [2.75, 3.05) is 13.7 Å². The van der Waals surface area contributed by atoms with Crippen molar-refractivity contribution in [2.24, 2.45) is 22.7 Å². The number of hydrogen-bond donors (Lipinski definition) is 4. The van der Waals surface area contributed by atoms with Gasteiger partial charge in [0.25, 0.3) is 0 Å². The summed E-state index contributed by atoms with van der Waals surface area (Å²) in [5.41, 5.74) is -0.0436. The Morgan fingerprint density at radius 2 is 1.83 bits per heavy atom. The third kappa shape index (κ3) is 5.92. The lowest BCUT2D eigenvalue weighted by atomic mass is 9.46. The number of carbonyl (C=O) groups is 2. The van der Waals surface area contributed by atoms with Crippen molar-refractivity contribution in [3.05, 3.63) is 29.8 Å². The molecule has 0 aromatic heterocycles. The fraction of sp³-hybridized carbons (Fsp3) is 0.704. The number of methoxy groups -OCH3 is 1. The van der Waals surface area contributed by atoms with Crippen molar-refractivity contribution in [1.29, 1.82) is 0 Å². The van der Waals surface area contributed by atoms with Crippen LogP contribution in [-0.2, 0) is 16.1 Å². The molecule has 0 spiro atoms. The average molecular weight is 491 g/mol. The van der Waals surface area contributed by atoms with E-state index in [1.807, 2.05) is 45.0 Å². The Kier molecular flexibility index (Phi) is 8.70. The second-order valence-corrected chi connectivity index (χ2v) is 11.0. The predicted octanol–water partition coefficient (Wildman–Crippen LogP) is 3.39. The molecule has 2 saturated carbocycles. The summed E-state index contributed by atoms with van der Waals surface area (Å²) in [6, 6.07) is 7.50. The summed E-state index contributed by atoms with van der Waals surface area (Å²) in [6.45, 7) is 8.12. The number of rotatable bonds is 8. The maximum absolute atomic E-state index is 12.9. The first kappa shape index (κ1) is 27.3. The van der Waals surface area contributed by atoms with Crippen LogP contribution in [0, 0.1) is 22.7 Å². The minimum absolute atomic E-state index is 0.00777. The molecule has 0 heterocycles. The fourth-order valence-corrected chi connectivity index (χ4v) is 6.39. The van der Waals surface area contributed by atoms with E-state index in [9.17, 15) is 19.8 Å². The van der Waals surface area contributed by atoms with Crippen LogP contribution in [0.25, 0.3) is 0 Å². The van der Waals surface area contributed by atoms with Gasteiger partial charge in [0.1, 0.15) is 11.9 Å². The quantitative estimate of drug-likeness (QED) is 0.444. The molecule has 1 aromatic carbocycles. The number of ether oxygens (including phenoxy) is 2. The van der Waals surface area contributed by atoms with E-state index in [4.69, 9.17) is 9.47 Å². The SMILES string of the molecule is COc1ccc(CNC(=O)C[C@@H]2[C@H](O)CC[C@@H]3[C@](C)(CO)[C@@H](OC(=O)NC(C)C)CC[C@@]32C)cc1. The van der Waals surface area contributed by atoms with Crippen LogP contribution in [0.4, 0.5) is 4.79 Å². The molecule has 6 atom stereocenters. The largest absolute Gasteiger partial charge is 0.497 e. The number of alkyl carbamates (subject to hydrolysis) is 1. The van der Waals surface area contributed by atoms with Gasteiger partial charge < -0.3 is 30.3 Å². The first-order chi connectivity index (χ1) is 16.5. The van der Waals surface area contributed by atoms with Crippen LogP contribution in [0.3, 0.4) is 0 Å². The van der Waals surface area contributed by atoms with Crippen molar-refractivity contribution < 1.29 is 29.3 Å². The summed E-state index contributed by atoms with van der Waals surface area (Å²) in [4.78, 5) is 25.3. The summed E-state index contributed by atoms with van der Waals surface area (Å²) in [7, 11) is 1.61. The standard InChI is InChI=1S/C27H42N2O6/c1-17(2)29-25(33)35-23-12-13-26(3)20(21(31)10-11-22(26)27(23,4)16-30)14-24(32)28-15-18-6-8-19(34-5)9-7-18/h6-9,17,20-23,30-31H,10-16H2,1-5H3,(H,28,32)(H,29,33)/t20-,21-,22+,23+,26-,27+/m1/s1. The van der Waals surface area contributed by atoms with Crippen LogP contribution in [0.15, 0.2) is 24.3 Å². The molecule has 2 aliphatic carbocycles. The van der Waals surface area contributed by atoms with Crippen molar-refractivity contribution in [2.45, 2.75) is 84.6 Å². The normalized spacial score (nSPS) is 32.5. The molecular weight excluding hydrogens is 448 g/mol. The molecule has 196 valence electrons. The zero-order valence-corrected chi connectivity index (χ0v) is 21.7. The molecule has 2 fully saturated rings. The summed E-state index contributed by atoms with van der Waals surface area (Å²) >= 11 is 0. The Bertz CT molecular complexity index is 875. The zero-order valence-electron chi connectivity index (χ0n) is 21.7. The second kappa shape index (κ2) is 11.2. The van der Waals surface area contributed by atoms with Crippen LogP contribution in [0.5, 0.6) is 5.75 Å². The Morgan fingerprint density at radius 1 is 1.14 bits per heavy atom. The van der Waals surface area contributed by atoms with Gasteiger partial charge in [0.2, 0.25) is 5.91 Å². The smallest absolute Gasteiger partial charge is 0.407 e. The van der Waals surface area contributed by atoms with E-state index in [1.165, 1.54) is 0 Å². The third-order valence-corrected chi connectivity index (χ3v) is 8.39. The Balaban J connectivity index is 1.70. The van der Waals surface area contributed by atoms with Crippen LogP contribution < -0.4 is 15.4 Å². The number of aliphatic hydroxyl groups is 2. The Hall–Kier alpha value is -2.32. The molecule has 0 aliphatic heterocycles. The number of benzene rings is 1. The number of amides is 2. The van der Waals surface area contributed by atoms with Gasteiger partial charge in [0, 0.05) is 24.4 Å². The van der Waals surface area contributed by atoms with E-state index >= 15 is 0 Å². The van der Waals surface area contributed by atoms with Gasteiger partial charge in [-0.2, -0.15) is 0 Å². The van der Waals surface area contributed by atoms with Crippen molar-refractivity contribution in [1.82, 2.24) is 10.6 Å². The summed E-state index contributed by atoms with van der Waals surface area (Å²) in [6.07, 6.45) is 1.27. The first-order valence-electron chi connectivity index (χ1n) is 12.7. The molecule has 2 amide bonds. The second-order valence-electron chi connectivity index (χ2n) is 11.0. The van der Waals surface area contributed by atoms with E-state index in [0.29, 0.717) is 32.2 Å². The van der Waals surface area contributed by atoms with Gasteiger partial charge in [0.15, 0.2) is 0 Å². The molecule has 8 nitrogen and oxygen atoms in total. The van der Waals surface area contributed by atoms with Gasteiger partial charge >= 0.3 is 6.09 Å². The number of nitrogens with one attached hydrogen (secondary N) is 2. The molecule has 8 heteroatoms. The van der Waals surface area contributed by atoms with Crippen LogP contribution >= 0.6 is 0 Å². The molecule has 4 N–H and O–H groups in total. The number of hydrogen-bond acceptors (Lipinski definition) is 6. The molecule has 35 heavy (non-hydrogen) atoms.